The van der Waals surface area contributed by atoms with E-state index in [1.54, 1.807) is 0 Å². The maximum Gasteiger partial charge on any atom is 0.230 e. The zero-order valence-electron chi connectivity index (χ0n) is 8.03. The first kappa shape index (κ1) is 9.06. The first-order valence-electron chi connectivity index (χ1n) is 4.63. The van der Waals surface area contributed by atoms with E-state index in [2.05, 4.69) is 0 Å². The Morgan fingerprint density at radius 1 is 1.50 bits per heavy atom. The predicted molar refractivity (Wildman–Crippen MR) is 51.5 cm³/mol. The van der Waals surface area contributed by atoms with E-state index in [0.717, 1.165) is 29.8 Å². The van der Waals surface area contributed by atoms with E-state index < -0.39 is 0 Å². The normalized spacial score (nSPS) is 15.2. The Morgan fingerprint density at radius 3 is 3.14 bits per heavy atom. The van der Waals surface area contributed by atoms with Gasteiger partial charge in [0.1, 0.15) is 17.8 Å². The van der Waals surface area contributed by atoms with Crippen molar-refractivity contribution in [3.05, 3.63) is 23.8 Å². The molecule has 1 aromatic rings. The largest absolute Gasteiger partial charge is 0.457 e. The highest BCUT2D eigenvalue weighted by molar-refractivity contribution is 5.54. The number of hydrogen-bond acceptors (Lipinski definition) is 3. The highest BCUT2D eigenvalue weighted by atomic mass is 16.7. The quantitative estimate of drug-likeness (QED) is 0.685. The number of fused-ring (bicyclic) bond motifs is 2. The zero-order chi connectivity index (χ0) is 9.97. The van der Waals surface area contributed by atoms with Gasteiger partial charge < -0.3 is 14.3 Å². The third kappa shape index (κ3) is 1.71. The van der Waals surface area contributed by atoms with Gasteiger partial charge in [0, 0.05) is 12.0 Å². The maximum absolute atomic E-state index is 10.5. The summed E-state index contributed by atoms with van der Waals surface area (Å²) < 4.78 is 10.5. The first-order chi connectivity index (χ1) is 6.79. The molecule has 0 radical (unpaired) electrons. The van der Waals surface area contributed by atoms with Crippen molar-refractivity contribution in [1.29, 1.82) is 0 Å². The molecule has 1 aromatic carbocycles. The molecular weight excluding hydrogens is 180 g/mol. The lowest BCUT2D eigenvalue weighted by Crippen LogP contribution is -2.13. The molecule has 74 valence electrons. The molecule has 3 heteroatoms. The number of benzene rings is 1. The number of carbonyl (C=O) groups excluding carboxylic acids is 1. The lowest BCUT2D eigenvalue weighted by Gasteiger charge is -2.19. The van der Waals surface area contributed by atoms with Gasteiger partial charge in [-0.2, -0.15) is 0 Å². The van der Waals surface area contributed by atoms with Crippen LogP contribution in [0.2, 0.25) is 0 Å². The highest BCUT2D eigenvalue weighted by Gasteiger charge is 2.13. The molecule has 0 saturated carbocycles. The lowest BCUT2D eigenvalue weighted by atomic mass is 10.0. The number of rotatable bonds is 3. The molecule has 14 heavy (non-hydrogen) atoms. The molecular formula is C11H12O3. The third-order valence-corrected chi connectivity index (χ3v) is 2.25. The van der Waals surface area contributed by atoms with E-state index >= 15 is 0 Å². The van der Waals surface area contributed by atoms with Crippen LogP contribution in [-0.4, -0.2) is 13.1 Å². The smallest absolute Gasteiger partial charge is 0.230 e. The summed E-state index contributed by atoms with van der Waals surface area (Å²) in [7, 11) is 0. The van der Waals surface area contributed by atoms with Crippen LogP contribution < -0.4 is 9.47 Å². The Balaban J connectivity index is 2.22. The van der Waals surface area contributed by atoms with Gasteiger partial charge in [-0.05, 0) is 18.1 Å². The molecule has 0 amide bonds. The average molecular weight is 192 g/mol. The SMILES string of the molecule is CC(C=O)Cc1ccc2cc1OCO2. The van der Waals surface area contributed by atoms with Gasteiger partial charge in [0.25, 0.3) is 0 Å². The Morgan fingerprint density at radius 2 is 2.36 bits per heavy atom. The fraction of sp³-hybridized carbons (Fsp3) is 0.364. The molecule has 1 aliphatic heterocycles. The van der Waals surface area contributed by atoms with Gasteiger partial charge in [-0.15, -0.1) is 0 Å². The van der Waals surface area contributed by atoms with E-state index in [4.69, 9.17) is 9.47 Å². The summed E-state index contributed by atoms with van der Waals surface area (Å²) in [5.74, 6) is 1.69. The average Bonchev–Trinajstić information content (AvgIpc) is 2.23. The van der Waals surface area contributed by atoms with Crippen molar-refractivity contribution in [3.63, 3.8) is 0 Å². The number of hydrogen-bond donors (Lipinski definition) is 0. The van der Waals surface area contributed by atoms with Gasteiger partial charge in [-0.25, -0.2) is 0 Å². The van der Waals surface area contributed by atoms with Crippen molar-refractivity contribution in [3.8, 4) is 11.5 Å². The second kappa shape index (κ2) is 3.70. The Hall–Kier alpha value is -1.51. The minimum atomic E-state index is 0.0311. The van der Waals surface area contributed by atoms with Crippen LogP contribution in [0.1, 0.15) is 12.5 Å². The molecule has 3 nitrogen and oxygen atoms in total. The molecule has 0 saturated heterocycles. The van der Waals surface area contributed by atoms with Gasteiger partial charge in [0.15, 0.2) is 0 Å². The fourth-order valence-corrected chi connectivity index (χ4v) is 1.48. The summed E-state index contributed by atoms with van der Waals surface area (Å²) in [5.41, 5.74) is 1.07. The molecule has 1 aliphatic rings. The van der Waals surface area contributed by atoms with Gasteiger partial charge in [-0.1, -0.05) is 13.0 Å². The molecule has 0 fully saturated rings. The van der Waals surface area contributed by atoms with Crippen molar-refractivity contribution in [2.45, 2.75) is 13.3 Å². The summed E-state index contributed by atoms with van der Waals surface area (Å²) in [6, 6.07) is 5.71. The van der Waals surface area contributed by atoms with Crippen LogP contribution in [-0.2, 0) is 11.2 Å². The second-order valence-corrected chi connectivity index (χ2v) is 3.49. The number of ether oxygens (including phenoxy) is 2. The Labute approximate surface area is 82.6 Å². The van der Waals surface area contributed by atoms with Crippen molar-refractivity contribution < 1.29 is 14.3 Å². The van der Waals surface area contributed by atoms with E-state index in [0.29, 0.717) is 0 Å². The fourth-order valence-electron chi connectivity index (χ4n) is 1.48. The van der Waals surface area contributed by atoms with Crippen molar-refractivity contribution in [2.75, 3.05) is 6.79 Å². The molecule has 0 spiro atoms. The standard InChI is InChI=1S/C11H12O3/c1-8(6-12)4-9-2-3-10-5-11(9)14-7-13-10/h2-3,5-6,8H,4,7H2,1H3. The third-order valence-electron chi connectivity index (χ3n) is 2.25. The molecule has 2 rings (SSSR count). The second-order valence-electron chi connectivity index (χ2n) is 3.49. The molecule has 0 N–H and O–H groups in total. The van der Waals surface area contributed by atoms with Crippen LogP contribution in [0.5, 0.6) is 11.5 Å². The minimum absolute atomic E-state index is 0.0311. The number of carbonyl (C=O) groups is 1. The van der Waals surface area contributed by atoms with E-state index in [-0.39, 0.29) is 12.7 Å². The van der Waals surface area contributed by atoms with Gasteiger partial charge in [0.2, 0.25) is 6.79 Å². The van der Waals surface area contributed by atoms with Gasteiger partial charge in [-0.3, -0.25) is 0 Å². The van der Waals surface area contributed by atoms with Crippen molar-refractivity contribution >= 4 is 6.29 Å². The van der Waals surface area contributed by atoms with Crippen LogP contribution in [0.25, 0.3) is 0 Å². The zero-order valence-corrected chi connectivity index (χ0v) is 8.03. The van der Waals surface area contributed by atoms with Gasteiger partial charge in [0.05, 0.1) is 0 Å². The van der Waals surface area contributed by atoms with E-state index in [9.17, 15) is 4.79 Å². The summed E-state index contributed by atoms with van der Waals surface area (Å²) in [6.45, 7) is 2.16. The summed E-state index contributed by atoms with van der Waals surface area (Å²) in [4.78, 5) is 10.5. The molecule has 0 aliphatic carbocycles. The van der Waals surface area contributed by atoms with E-state index in [1.165, 1.54) is 0 Å². The lowest BCUT2D eigenvalue weighted by molar-refractivity contribution is -0.110. The maximum atomic E-state index is 10.5. The topological polar surface area (TPSA) is 35.5 Å². The van der Waals surface area contributed by atoms with Crippen LogP contribution in [0, 0.1) is 5.92 Å². The summed E-state index contributed by atoms with van der Waals surface area (Å²) in [5, 5.41) is 0. The molecule has 1 atom stereocenters. The first-order valence-corrected chi connectivity index (χ1v) is 4.63. The van der Waals surface area contributed by atoms with Crippen LogP contribution in [0.4, 0.5) is 0 Å². The molecule has 0 aromatic heterocycles. The van der Waals surface area contributed by atoms with Crippen molar-refractivity contribution in [1.82, 2.24) is 0 Å². The molecule has 1 unspecified atom stereocenters. The van der Waals surface area contributed by atoms with Gasteiger partial charge >= 0.3 is 0 Å². The molecule has 2 bridgehead atoms. The van der Waals surface area contributed by atoms with Crippen LogP contribution >= 0.6 is 0 Å². The Bertz CT molecular complexity index is 346. The van der Waals surface area contributed by atoms with Crippen molar-refractivity contribution in [2.24, 2.45) is 5.92 Å². The van der Waals surface area contributed by atoms with E-state index in [1.807, 2.05) is 25.1 Å². The van der Waals surface area contributed by atoms with Crippen LogP contribution in [0.3, 0.4) is 0 Å². The minimum Gasteiger partial charge on any atom is -0.457 e. The molecule has 1 heterocycles. The summed E-state index contributed by atoms with van der Waals surface area (Å²) in [6.07, 6.45) is 1.68. The summed E-state index contributed by atoms with van der Waals surface area (Å²) >= 11 is 0. The highest BCUT2D eigenvalue weighted by Crippen LogP contribution is 2.29. The van der Waals surface area contributed by atoms with Crippen LogP contribution in [0.15, 0.2) is 18.2 Å². The number of aldehydes is 1. The monoisotopic (exact) mass is 192 g/mol. The Kier molecular flexibility index (Phi) is 2.39. The predicted octanol–water partition coefficient (Wildman–Crippen LogP) is 1.79.